The number of hydrogen-bond acceptors (Lipinski definition) is 6. The molecular formula is C18H27F3N2O6. The van der Waals surface area contributed by atoms with E-state index in [-0.39, 0.29) is 0 Å². The van der Waals surface area contributed by atoms with Crippen LogP contribution in [0.4, 0.5) is 13.2 Å². The van der Waals surface area contributed by atoms with E-state index in [0.29, 0.717) is 42.1 Å². The molecule has 1 aromatic heterocycles. The molecule has 3 N–H and O–H groups in total. The van der Waals surface area contributed by atoms with Gasteiger partial charge in [0.2, 0.25) is 0 Å². The Morgan fingerprint density at radius 3 is 1.97 bits per heavy atom. The molecule has 0 saturated heterocycles. The van der Waals surface area contributed by atoms with E-state index in [9.17, 15) is 22.8 Å². The lowest BCUT2D eigenvalue weighted by molar-refractivity contribution is -0.643. The summed E-state index contributed by atoms with van der Waals surface area (Å²) in [6.07, 6.45) is -4.65. The molecule has 166 valence electrons. The van der Waals surface area contributed by atoms with Crippen molar-refractivity contribution < 1.29 is 47.5 Å². The van der Waals surface area contributed by atoms with Gasteiger partial charge in [0, 0.05) is 0 Å². The molecule has 0 amide bonds. The number of carbonyl (C=O) groups excluding carboxylic acids is 3. The summed E-state index contributed by atoms with van der Waals surface area (Å²) in [6, 6.07) is 0. The molecule has 0 spiro atoms. The van der Waals surface area contributed by atoms with Crippen LogP contribution in [-0.4, -0.2) is 48.3 Å². The number of nitrogens with one attached hydrogen (secondary N) is 1. The Balaban J connectivity index is 0.000000956. The van der Waals surface area contributed by atoms with Crippen LogP contribution in [0.15, 0.2) is 0 Å². The van der Waals surface area contributed by atoms with E-state index in [4.69, 9.17) is 19.4 Å². The third kappa shape index (κ3) is 8.55. The van der Waals surface area contributed by atoms with Crippen molar-refractivity contribution in [3.63, 3.8) is 0 Å². The summed E-state index contributed by atoms with van der Waals surface area (Å²) in [5.74, 6) is -3.85. The number of ether oxygens (including phenoxy) is 2. The maximum atomic E-state index is 12.4. The van der Waals surface area contributed by atoms with Crippen molar-refractivity contribution in [1.82, 2.24) is 4.98 Å². The molecule has 1 aromatic rings. The van der Waals surface area contributed by atoms with Gasteiger partial charge in [0.15, 0.2) is 0 Å². The first-order valence-corrected chi connectivity index (χ1v) is 8.89. The lowest BCUT2D eigenvalue weighted by atomic mass is 10.1. The van der Waals surface area contributed by atoms with Crippen molar-refractivity contribution in [1.29, 1.82) is 0 Å². The summed E-state index contributed by atoms with van der Waals surface area (Å²) >= 11 is 0. The van der Waals surface area contributed by atoms with Gasteiger partial charge >= 0.3 is 18.1 Å². The molecule has 0 aliphatic heterocycles. The molecule has 11 heteroatoms. The normalized spacial score (nSPS) is 11.3. The summed E-state index contributed by atoms with van der Waals surface area (Å²) in [6.45, 7) is 9.95. The molecule has 1 rings (SSSR count). The zero-order chi connectivity index (χ0) is 23.0. The van der Waals surface area contributed by atoms with Gasteiger partial charge in [-0.15, -0.1) is 0 Å². The first-order valence-electron chi connectivity index (χ1n) is 8.89. The number of hydrogen-bond donors (Lipinski definition) is 2. The fraction of sp³-hybridized carbons (Fsp3) is 0.611. The number of aromatic amines is 1. The lowest BCUT2D eigenvalue weighted by Crippen LogP contribution is -2.77. The van der Waals surface area contributed by atoms with Crippen LogP contribution >= 0.6 is 0 Å². The van der Waals surface area contributed by atoms with E-state index in [2.05, 4.69) is 4.98 Å². The Bertz CT molecular complexity index is 720. The average molecular weight is 424 g/mol. The summed E-state index contributed by atoms with van der Waals surface area (Å²) < 4.78 is 42.1. The van der Waals surface area contributed by atoms with Gasteiger partial charge < -0.3 is 29.7 Å². The van der Waals surface area contributed by atoms with Crippen molar-refractivity contribution in [3.05, 3.63) is 22.5 Å². The van der Waals surface area contributed by atoms with Crippen molar-refractivity contribution in [2.24, 2.45) is 0 Å². The minimum Gasteiger partial charge on any atom is -0.542 e. The Morgan fingerprint density at radius 2 is 1.62 bits per heavy atom. The van der Waals surface area contributed by atoms with Gasteiger partial charge in [-0.3, -0.25) is 0 Å². The fourth-order valence-corrected chi connectivity index (χ4v) is 2.26. The quantitative estimate of drug-likeness (QED) is 0.648. The van der Waals surface area contributed by atoms with Crippen molar-refractivity contribution >= 4 is 17.9 Å². The molecule has 0 fully saturated rings. The summed E-state index contributed by atoms with van der Waals surface area (Å²) in [5.41, 5.74) is 1.57. The number of carbonyl (C=O) groups is 3. The molecule has 0 atom stereocenters. The summed E-state index contributed by atoms with van der Waals surface area (Å²) in [4.78, 5) is 36.4. The van der Waals surface area contributed by atoms with E-state index < -0.39 is 29.7 Å². The van der Waals surface area contributed by atoms with E-state index >= 15 is 0 Å². The molecule has 29 heavy (non-hydrogen) atoms. The number of H-pyrrole nitrogens is 1. The number of alkyl halides is 3. The highest BCUT2D eigenvalue weighted by Gasteiger charge is 2.30. The lowest BCUT2D eigenvalue weighted by Gasteiger charge is -2.19. The van der Waals surface area contributed by atoms with Crippen molar-refractivity contribution in [3.8, 4) is 0 Å². The second-order valence-corrected chi connectivity index (χ2v) is 6.81. The van der Waals surface area contributed by atoms with Gasteiger partial charge in [-0.25, -0.2) is 9.59 Å². The average Bonchev–Trinajstić information content (AvgIpc) is 2.92. The molecule has 0 saturated carbocycles. The Morgan fingerprint density at radius 1 is 1.10 bits per heavy atom. The largest absolute Gasteiger partial charge is 0.542 e. The molecule has 1 heterocycles. The number of carboxylic acid groups (broad SMARTS) is 1. The maximum Gasteiger partial charge on any atom is 0.430 e. The maximum absolute atomic E-state index is 12.4. The minimum atomic E-state index is -5.19. The van der Waals surface area contributed by atoms with Crippen LogP contribution in [0.25, 0.3) is 0 Å². The van der Waals surface area contributed by atoms with Crippen molar-refractivity contribution in [2.75, 3.05) is 13.7 Å². The number of halogens is 3. The highest BCUT2D eigenvalue weighted by atomic mass is 19.4. The molecule has 0 unspecified atom stereocenters. The minimum absolute atomic E-state index is 0.296. The first kappa shape index (κ1) is 26.4. The van der Waals surface area contributed by atoms with Gasteiger partial charge in [0.25, 0.3) is 0 Å². The van der Waals surface area contributed by atoms with E-state index in [0.717, 1.165) is 0 Å². The number of quaternary nitrogens is 1. The first-order chi connectivity index (χ1) is 13.2. The van der Waals surface area contributed by atoms with Gasteiger partial charge in [0.05, 0.1) is 24.9 Å². The summed E-state index contributed by atoms with van der Waals surface area (Å²) in [7, 11) is 1.90. The highest BCUT2D eigenvalue weighted by molar-refractivity contribution is 5.98. The second-order valence-electron chi connectivity index (χ2n) is 6.81. The predicted octanol–water partition coefficient (Wildman–Crippen LogP) is 0.701. The third-order valence-electron chi connectivity index (χ3n) is 3.26. The SMILES string of the molecule is CCOC(=O)c1c(C[NH2+]C)[nH]c(C(=O)OC(C)(C)C)c1CC.O=C([O-])C(F)(F)F. The monoisotopic (exact) mass is 424 g/mol. The zero-order valence-electron chi connectivity index (χ0n) is 17.3. The molecule has 8 nitrogen and oxygen atoms in total. The number of esters is 2. The van der Waals surface area contributed by atoms with Crippen molar-refractivity contribution in [2.45, 2.75) is 59.4 Å². The zero-order valence-corrected chi connectivity index (χ0v) is 17.3. The van der Waals surface area contributed by atoms with E-state index in [1.165, 1.54) is 0 Å². The number of aliphatic carboxylic acids is 1. The van der Waals surface area contributed by atoms with Crippen LogP contribution in [-0.2, 0) is 27.2 Å². The van der Waals surface area contributed by atoms with Gasteiger partial charge in [0.1, 0.15) is 23.8 Å². The molecular weight excluding hydrogens is 397 g/mol. The Hall–Kier alpha value is -2.56. The molecule has 0 radical (unpaired) electrons. The van der Waals surface area contributed by atoms with Crippen LogP contribution < -0.4 is 10.4 Å². The topological polar surface area (TPSA) is 125 Å². The smallest absolute Gasteiger partial charge is 0.430 e. The number of nitrogens with two attached hydrogens (primary N) is 1. The van der Waals surface area contributed by atoms with Crippen LogP contribution in [0, 0.1) is 0 Å². The van der Waals surface area contributed by atoms with Gasteiger partial charge in [-0.2, -0.15) is 13.2 Å². The third-order valence-corrected chi connectivity index (χ3v) is 3.26. The van der Waals surface area contributed by atoms with E-state index in [1.54, 1.807) is 6.92 Å². The van der Waals surface area contributed by atoms with Gasteiger partial charge in [-0.1, -0.05) is 6.92 Å². The van der Waals surface area contributed by atoms with Crippen LogP contribution in [0.2, 0.25) is 0 Å². The second kappa shape index (κ2) is 10.8. The Labute approximate surface area is 166 Å². The van der Waals surface area contributed by atoms with E-state index in [1.807, 2.05) is 40.1 Å². The number of carboxylic acids is 1. The number of rotatable bonds is 6. The summed E-state index contributed by atoms with van der Waals surface area (Å²) in [5, 5.41) is 10.7. The predicted molar refractivity (Wildman–Crippen MR) is 93.9 cm³/mol. The number of aromatic nitrogens is 1. The molecule has 0 bridgehead atoms. The standard InChI is InChI=1S/C16H26N2O4.C2HF3O2/c1-7-10-12(14(19)21-8-2)11(9-17-6)18-13(10)15(20)22-16(3,4)5;3-2(4,5)1(6)7/h17-18H,7-9H2,1-6H3;(H,6,7). The molecule has 0 aliphatic rings. The van der Waals surface area contributed by atoms with Crippen LogP contribution in [0.1, 0.15) is 66.7 Å². The molecule has 0 aromatic carbocycles. The van der Waals surface area contributed by atoms with Crippen LogP contribution in [0.3, 0.4) is 0 Å². The van der Waals surface area contributed by atoms with Gasteiger partial charge in [-0.05, 0) is 39.7 Å². The van der Waals surface area contributed by atoms with Crippen LogP contribution in [0.5, 0.6) is 0 Å². The highest BCUT2D eigenvalue weighted by Crippen LogP contribution is 2.23. The molecule has 0 aliphatic carbocycles. The fourth-order valence-electron chi connectivity index (χ4n) is 2.26. The Kier molecular flexibility index (Phi) is 9.88.